The summed E-state index contributed by atoms with van der Waals surface area (Å²) in [4.78, 5) is 23.1. The molecule has 6 heteroatoms. The van der Waals surface area contributed by atoms with Gasteiger partial charge < -0.3 is 0 Å². The second kappa shape index (κ2) is 23.6. The molecular formula is C50H60N6. The lowest BCUT2D eigenvalue weighted by molar-refractivity contribution is 0.241. The molecule has 1 aliphatic rings. The molecule has 1 aliphatic carbocycles. The molecule has 0 bridgehead atoms. The van der Waals surface area contributed by atoms with Crippen molar-refractivity contribution in [1.82, 2.24) is 29.7 Å². The van der Waals surface area contributed by atoms with Crippen LogP contribution in [0.1, 0.15) is 109 Å². The van der Waals surface area contributed by atoms with Gasteiger partial charge >= 0.3 is 0 Å². The maximum atomic E-state index is 4.57. The number of rotatable bonds is 18. The minimum Gasteiger partial charge on any atom is -0.287 e. The van der Waals surface area contributed by atoms with Crippen LogP contribution in [0.25, 0.3) is 0 Å². The van der Waals surface area contributed by atoms with Gasteiger partial charge in [-0.1, -0.05) is 112 Å². The summed E-state index contributed by atoms with van der Waals surface area (Å²) >= 11 is 0. The van der Waals surface area contributed by atoms with Crippen molar-refractivity contribution in [2.24, 2.45) is 0 Å². The molecule has 4 heterocycles. The molecule has 0 radical (unpaired) electrons. The molecule has 2 unspecified atom stereocenters. The topological polar surface area (TPSA) is 58.0 Å². The summed E-state index contributed by atoms with van der Waals surface area (Å²) in [6.07, 6.45) is 15.5. The van der Waals surface area contributed by atoms with Crippen LogP contribution in [0.15, 0.2) is 159 Å². The normalized spacial score (nSPS) is 12.9. The van der Waals surface area contributed by atoms with E-state index in [0.717, 1.165) is 62.0 Å². The number of benzene rings is 2. The lowest BCUT2D eigenvalue weighted by Crippen LogP contribution is -2.23. The molecule has 7 rings (SSSR count). The first kappa shape index (κ1) is 41.9. The summed E-state index contributed by atoms with van der Waals surface area (Å²) in [6.45, 7) is 15.6. The van der Waals surface area contributed by atoms with Crippen molar-refractivity contribution >= 4 is 0 Å². The van der Waals surface area contributed by atoms with Crippen molar-refractivity contribution in [3.05, 3.63) is 204 Å². The van der Waals surface area contributed by atoms with Crippen LogP contribution in [0.5, 0.6) is 0 Å². The van der Waals surface area contributed by atoms with Crippen molar-refractivity contribution < 1.29 is 0 Å². The first-order valence-electron chi connectivity index (χ1n) is 20.3. The van der Waals surface area contributed by atoms with Crippen LogP contribution in [0.3, 0.4) is 0 Å². The lowest BCUT2D eigenvalue weighted by atomic mass is 9.90. The average Bonchev–Trinajstić information content (AvgIpc) is 4.14. The maximum absolute atomic E-state index is 4.57. The van der Waals surface area contributed by atoms with Gasteiger partial charge in [-0.25, -0.2) is 0 Å². The third-order valence-corrected chi connectivity index (χ3v) is 9.98. The molecule has 2 aromatic carbocycles. The third kappa shape index (κ3) is 15.1. The van der Waals surface area contributed by atoms with Gasteiger partial charge in [-0.3, -0.25) is 29.7 Å². The van der Waals surface area contributed by atoms with Gasteiger partial charge in [-0.15, -0.1) is 13.2 Å². The van der Waals surface area contributed by atoms with E-state index in [1.165, 1.54) is 60.8 Å². The Morgan fingerprint density at radius 1 is 0.429 bits per heavy atom. The highest BCUT2D eigenvalue weighted by atomic mass is 15.1. The number of hydrogen-bond acceptors (Lipinski definition) is 6. The minimum atomic E-state index is 0.524. The van der Waals surface area contributed by atoms with Crippen molar-refractivity contribution in [2.75, 3.05) is 0 Å². The summed E-state index contributed by atoms with van der Waals surface area (Å²) in [6, 6.07) is 43.0. The van der Waals surface area contributed by atoms with Gasteiger partial charge in [0.2, 0.25) is 0 Å². The van der Waals surface area contributed by atoms with E-state index in [9.17, 15) is 0 Å². The summed E-state index contributed by atoms with van der Waals surface area (Å²) in [5, 5.41) is 0. The predicted octanol–water partition coefficient (Wildman–Crippen LogP) is 11.7. The molecule has 0 saturated heterocycles. The van der Waals surface area contributed by atoms with Crippen LogP contribution in [-0.4, -0.2) is 29.7 Å². The van der Waals surface area contributed by atoms with E-state index in [-0.39, 0.29) is 0 Å². The van der Waals surface area contributed by atoms with Gasteiger partial charge in [0.05, 0.1) is 22.8 Å². The van der Waals surface area contributed by atoms with Crippen molar-refractivity contribution in [1.29, 1.82) is 0 Å². The van der Waals surface area contributed by atoms with E-state index in [2.05, 4.69) is 154 Å². The zero-order valence-corrected chi connectivity index (χ0v) is 33.6. The Labute approximate surface area is 336 Å². The maximum Gasteiger partial charge on any atom is 0.0544 e. The second-order valence-electron chi connectivity index (χ2n) is 14.9. The minimum absolute atomic E-state index is 0.524. The van der Waals surface area contributed by atoms with E-state index in [4.69, 9.17) is 0 Å². The summed E-state index contributed by atoms with van der Waals surface area (Å²) in [5.74, 6) is 1.05. The van der Waals surface area contributed by atoms with Gasteiger partial charge in [-0.2, -0.15) is 0 Å². The van der Waals surface area contributed by atoms with Gasteiger partial charge in [0.1, 0.15) is 0 Å². The van der Waals surface area contributed by atoms with E-state index in [1.807, 2.05) is 49.1 Å². The van der Waals surface area contributed by atoms with Crippen LogP contribution in [-0.2, 0) is 39.3 Å². The highest BCUT2D eigenvalue weighted by molar-refractivity contribution is 5.27. The molecule has 1 fully saturated rings. The molecule has 0 spiro atoms. The molecule has 290 valence electrons. The van der Waals surface area contributed by atoms with Gasteiger partial charge in [0, 0.05) is 64.1 Å². The predicted molar refractivity (Wildman–Crippen MR) is 232 cm³/mol. The van der Waals surface area contributed by atoms with Crippen molar-refractivity contribution in [3.63, 3.8) is 0 Å². The van der Waals surface area contributed by atoms with E-state index >= 15 is 0 Å². The molecule has 6 nitrogen and oxygen atoms in total. The van der Waals surface area contributed by atoms with Crippen LogP contribution in [0.4, 0.5) is 0 Å². The highest BCUT2D eigenvalue weighted by Crippen LogP contribution is 2.28. The molecule has 4 aromatic heterocycles. The van der Waals surface area contributed by atoms with Crippen molar-refractivity contribution in [3.8, 4) is 0 Å². The average molecular weight is 745 g/mol. The van der Waals surface area contributed by atoms with Crippen LogP contribution in [0.2, 0.25) is 0 Å². The summed E-state index contributed by atoms with van der Waals surface area (Å²) < 4.78 is 0. The van der Waals surface area contributed by atoms with Crippen LogP contribution in [0, 0.1) is 0 Å². The fourth-order valence-electron chi connectivity index (χ4n) is 6.70. The largest absolute Gasteiger partial charge is 0.287 e. The lowest BCUT2D eigenvalue weighted by Gasteiger charge is -2.22. The quantitative estimate of drug-likeness (QED) is 0.0817. The molecule has 1 saturated carbocycles. The number of aromatic nitrogens is 4. The van der Waals surface area contributed by atoms with Gasteiger partial charge in [0.15, 0.2) is 0 Å². The Morgan fingerprint density at radius 3 is 0.982 bits per heavy atom. The molecule has 0 N–H and O–H groups in total. The first-order valence-corrected chi connectivity index (χ1v) is 20.3. The van der Waals surface area contributed by atoms with E-state index in [0.29, 0.717) is 11.8 Å². The Balaban J connectivity index is 0.00000113. The number of hydrogen-bond donors (Lipinski definition) is 0. The van der Waals surface area contributed by atoms with Crippen LogP contribution < -0.4 is 0 Å². The fraction of sp³-hybridized carbons (Fsp3) is 0.320. The highest BCUT2D eigenvalue weighted by Gasteiger charge is 2.14. The SMILES string of the molecule is C1CC1.C=C.CC(CCCC(C)c1ccc(CN(Cc2ccccn2)Cc2ccccn2)cc1)c1ccc(CN(Cc2ccccn2)Cc2ccccn2)cc1. The molecule has 56 heavy (non-hydrogen) atoms. The van der Waals surface area contributed by atoms with E-state index in [1.54, 1.807) is 0 Å². The number of nitrogens with zero attached hydrogens (tertiary/aromatic N) is 6. The third-order valence-electron chi connectivity index (χ3n) is 9.98. The smallest absolute Gasteiger partial charge is 0.0544 e. The van der Waals surface area contributed by atoms with Gasteiger partial charge in [-0.05, 0) is 95.5 Å². The Morgan fingerprint density at radius 2 is 0.732 bits per heavy atom. The molecule has 0 amide bonds. The Kier molecular flexibility index (Phi) is 17.6. The first-order chi connectivity index (χ1) is 27.6. The molecule has 0 aliphatic heterocycles. The molecule has 6 aromatic rings. The molecular weight excluding hydrogens is 685 g/mol. The standard InChI is InChI=1S/C45H50N6.C3H6.C2H4/c1-36(40-22-18-38(19-23-40)30-50(32-42-14-3-7-26-46-42)33-43-15-4-8-27-47-43)12-11-13-37(2)41-24-20-39(21-25-41)31-51(34-44-16-5-9-28-48-44)35-45-17-6-10-29-49-45;1-2-3-1;1-2/h3-10,14-29,36-37H,11-13,30-35H2,1-2H3;1-3H2;1-2H2. The second-order valence-corrected chi connectivity index (χ2v) is 14.9. The number of pyridine rings is 4. The Bertz CT molecular complexity index is 1680. The molecule has 2 atom stereocenters. The van der Waals surface area contributed by atoms with Crippen LogP contribution >= 0.6 is 0 Å². The monoisotopic (exact) mass is 744 g/mol. The van der Waals surface area contributed by atoms with Crippen molar-refractivity contribution in [2.45, 2.75) is 103 Å². The summed E-state index contributed by atoms with van der Waals surface area (Å²) in [5.41, 5.74) is 9.74. The fourth-order valence-corrected chi connectivity index (χ4v) is 6.70. The zero-order valence-electron chi connectivity index (χ0n) is 33.6. The van der Waals surface area contributed by atoms with Gasteiger partial charge in [0.25, 0.3) is 0 Å². The summed E-state index contributed by atoms with van der Waals surface area (Å²) in [7, 11) is 0. The zero-order chi connectivity index (χ0) is 39.2. The van der Waals surface area contributed by atoms with E-state index < -0.39 is 0 Å². The Hall–Kier alpha value is -5.30.